The molecule has 9 rings (SSSR count). The van der Waals surface area contributed by atoms with Crippen LogP contribution in [-0.2, 0) is 12.8 Å². The number of rotatable bonds is 3. The number of aryl methyl sites for hydroxylation is 1. The monoisotopic (exact) mass is 555 g/mol. The van der Waals surface area contributed by atoms with E-state index in [1.54, 1.807) is 0 Å². The summed E-state index contributed by atoms with van der Waals surface area (Å²) in [6.07, 6.45) is 4.28. The second-order valence-electron chi connectivity index (χ2n) is 11.0. The maximum absolute atomic E-state index is 3.77. The molecule has 0 unspecified atom stereocenters. The molecule has 0 saturated carbocycles. The number of aromatic nitrogens is 3. The van der Waals surface area contributed by atoms with Gasteiger partial charge in [-0.25, -0.2) is 0 Å². The first-order chi connectivity index (χ1) is 21.3. The Morgan fingerprint density at radius 1 is 0.558 bits per heavy atom. The number of hydrogen-bond acceptors (Lipinski definition) is 0. The van der Waals surface area contributed by atoms with E-state index < -0.39 is 0 Å². The fourth-order valence-electron chi connectivity index (χ4n) is 6.95. The Bertz CT molecular complexity index is 2240. The lowest BCUT2D eigenvalue weighted by Crippen LogP contribution is -2.07. The largest absolute Gasteiger partial charge is 0.354 e. The van der Waals surface area contributed by atoms with E-state index in [1.807, 2.05) is 13.8 Å². The maximum atomic E-state index is 3.77. The minimum atomic E-state index is 1.03. The van der Waals surface area contributed by atoms with E-state index in [0.29, 0.717) is 0 Å². The number of H-pyrrole nitrogens is 1. The molecular formula is C40H33N3. The van der Waals surface area contributed by atoms with E-state index >= 15 is 0 Å². The maximum Gasteiger partial charge on any atom is 0.0541 e. The Labute approximate surface area is 251 Å². The van der Waals surface area contributed by atoms with Crippen LogP contribution >= 0.6 is 0 Å². The Morgan fingerprint density at radius 2 is 1.21 bits per heavy atom. The summed E-state index contributed by atoms with van der Waals surface area (Å²) >= 11 is 0. The number of nitrogens with one attached hydrogen (secondary N) is 1. The van der Waals surface area contributed by atoms with Gasteiger partial charge in [0, 0.05) is 50.5 Å². The van der Waals surface area contributed by atoms with Crippen molar-refractivity contribution in [3.05, 3.63) is 145 Å². The highest BCUT2D eigenvalue weighted by molar-refractivity contribution is 6.10. The number of aromatic amines is 1. The molecule has 5 aromatic carbocycles. The second kappa shape index (κ2) is 10.2. The van der Waals surface area contributed by atoms with Crippen molar-refractivity contribution in [2.45, 2.75) is 26.7 Å². The quantitative estimate of drug-likeness (QED) is 0.224. The molecule has 3 aromatic heterocycles. The van der Waals surface area contributed by atoms with Gasteiger partial charge in [-0.1, -0.05) is 80.6 Å². The van der Waals surface area contributed by atoms with Crippen LogP contribution in [-0.4, -0.2) is 14.1 Å². The van der Waals surface area contributed by atoms with Crippen LogP contribution in [0.3, 0.4) is 0 Å². The van der Waals surface area contributed by atoms with Gasteiger partial charge < -0.3 is 14.1 Å². The fraction of sp³-hybridized carbons (Fsp3) is 0.100. The summed E-state index contributed by atoms with van der Waals surface area (Å²) < 4.78 is 4.72. The van der Waals surface area contributed by atoms with Crippen LogP contribution < -0.4 is 0 Å². The van der Waals surface area contributed by atoms with E-state index in [1.165, 1.54) is 77.7 Å². The molecule has 8 aromatic rings. The van der Waals surface area contributed by atoms with Gasteiger partial charge in [-0.15, -0.1) is 0 Å². The Morgan fingerprint density at radius 3 is 2.00 bits per heavy atom. The van der Waals surface area contributed by atoms with Crippen molar-refractivity contribution in [3.63, 3.8) is 0 Å². The van der Waals surface area contributed by atoms with Crippen molar-refractivity contribution in [1.29, 1.82) is 0 Å². The van der Waals surface area contributed by atoms with Gasteiger partial charge in [-0.3, -0.25) is 0 Å². The lowest BCUT2D eigenvalue weighted by atomic mass is 9.92. The minimum absolute atomic E-state index is 1.03. The molecule has 1 aliphatic rings. The van der Waals surface area contributed by atoms with Gasteiger partial charge in [-0.05, 0) is 90.2 Å². The van der Waals surface area contributed by atoms with Crippen molar-refractivity contribution in [1.82, 2.24) is 14.1 Å². The van der Waals surface area contributed by atoms with Gasteiger partial charge in [0.2, 0.25) is 0 Å². The van der Waals surface area contributed by atoms with Crippen LogP contribution in [0.25, 0.3) is 66.5 Å². The third kappa shape index (κ3) is 3.96. The van der Waals surface area contributed by atoms with E-state index in [4.69, 9.17) is 0 Å². The average Bonchev–Trinajstić information content (AvgIpc) is 3.78. The number of benzene rings is 5. The zero-order valence-corrected chi connectivity index (χ0v) is 24.5. The van der Waals surface area contributed by atoms with E-state index in [2.05, 4.69) is 148 Å². The highest BCUT2D eigenvalue weighted by Gasteiger charge is 2.24. The fourth-order valence-corrected chi connectivity index (χ4v) is 6.95. The van der Waals surface area contributed by atoms with Gasteiger partial charge in [-0.2, -0.15) is 0 Å². The van der Waals surface area contributed by atoms with Crippen molar-refractivity contribution in [2.75, 3.05) is 0 Å². The highest BCUT2D eigenvalue weighted by atomic mass is 15.0. The van der Waals surface area contributed by atoms with Crippen molar-refractivity contribution >= 4 is 32.7 Å². The predicted octanol–water partition coefficient (Wildman–Crippen LogP) is 10.5. The molecule has 0 aliphatic heterocycles. The van der Waals surface area contributed by atoms with Gasteiger partial charge in [0.25, 0.3) is 0 Å². The van der Waals surface area contributed by atoms with Crippen LogP contribution in [0.2, 0.25) is 0 Å². The number of fused-ring (bicyclic) bond motifs is 8. The zero-order chi connectivity index (χ0) is 28.9. The van der Waals surface area contributed by atoms with Gasteiger partial charge in [0.1, 0.15) is 0 Å². The standard InChI is InChI=1S/C38H27N3.C2H6/c1-3-9-27(10-4-1)40-22-21-31-35(40)20-17-30-32-23-25(15-18-34(32)39-38(30)31)26-16-19-37-33(24-26)29-13-7-8-14-36(29)41(37)28-11-5-2-6-12-28;1-2/h1-16,18-19,21-24,39H,17,20H2;1-2H3. The number of hydrogen-bond donors (Lipinski definition) is 1. The smallest absolute Gasteiger partial charge is 0.0541 e. The minimum Gasteiger partial charge on any atom is -0.354 e. The summed E-state index contributed by atoms with van der Waals surface area (Å²) in [7, 11) is 0. The number of para-hydroxylation sites is 3. The van der Waals surface area contributed by atoms with Crippen molar-refractivity contribution in [2.24, 2.45) is 0 Å². The predicted molar refractivity (Wildman–Crippen MR) is 182 cm³/mol. The van der Waals surface area contributed by atoms with Crippen molar-refractivity contribution < 1.29 is 0 Å². The summed E-state index contributed by atoms with van der Waals surface area (Å²) in [5, 5.41) is 3.90. The molecule has 0 spiro atoms. The summed E-state index contributed by atoms with van der Waals surface area (Å²) in [5.41, 5.74) is 14.0. The third-order valence-electron chi connectivity index (χ3n) is 8.83. The van der Waals surface area contributed by atoms with Crippen LogP contribution in [0.1, 0.15) is 25.1 Å². The molecule has 1 N–H and O–H groups in total. The summed E-state index contributed by atoms with van der Waals surface area (Å²) in [6.45, 7) is 4.00. The first kappa shape index (κ1) is 25.4. The second-order valence-corrected chi connectivity index (χ2v) is 11.0. The Hall–Kier alpha value is -5.28. The molecule has 0 saturated heterocycles. The van der Waals surface area contributed by atoms with E-state index in [-0.39, 0.29) is 0 Å². The molecule has 3 heteroatoms. The van der Waals surface area contributed by atoms with Gasteiger partial charge in [0.15, 0.2) is 0 Å². The molecule has 0 atom stereocenters. The zero-order valence-electron chi connectivity index (χ0n) is 24.5. The summed E-state index contributed by atoms with van der Waals surface area (Å²) in [6, 6.07) is 46.2. The molecular weight excluding hydrogens is 522 g/mol. The molecule has 43 heavy (non-hydrogen) atoms. The highest BCUT2D eigenvalue weighted by Crippen LogP contribution is 2.41. The molecule has 1 aliphatic carbocycles. The molecule has 0 radical (unpaired) electrons. The first-order valence-electron chi connectivity index (χ1n) is 15.3. The normalized spacial score (nSPS) is 12.2. The topological polar surface area (TPSA) is 25.6 Å². The first-order valence-corrected chi connectivity index (χ1v) is 15.3. The van der Waals surface area contributed by atoms with Crippen LogP contribution in [0.15, 0.2) is 134 Å². The van der Waals surface area contributed by atoms with Crippen LogP contribution in [0.5, 0.6) is 0 Å². The van der Waals surface area contributed by atoms with Gasteiger partial charge in [0.05, 0.1) is 16.7 Å². The summed E-state index contributed by atoms with van der Waals surface area (Å²) in [4.78, 5) is 3.77. The van der Waals surface area contributed by atoms with E-state index in [0.717, 1.165) is 12.8 Å². The SMILES string of the molecule is CC.c1ccc(-n2ccc3c2CCc2c-3[nH]c3ccc(-c4ccc5c(c4)c4ccccc4n5-c4ccccc4)cc23)cc1. The lowest BCUT2D eigenvalue weighted by Gasteiger charge is -2.17. The molecule has 0 bridgehead atoms. The molecule has 3 nitrogen and oxygen atoms in total. The Balaban J connectivity index is 0.00000136. The van der Waals surface area contributed by atoms with Crippen molar-refractivity contribution in [3.8, 4) is 33.8 Å². The van der Waals surface area contributed by atoms with E-state index in [9.17, 15) is 0 Å². The average molecular weight is 556 g/mol. The molecule has 3 heterocycles. The third-order valence-corrected chi connectivity index (χ3v) is 8.83. The van der Waals surface area contributed by atoms with Crippen LogP contribution in [0, 0.1) is 0 Å². The number of nitrogens with zero attached hydrogens (tertiary/aromatic N) is 2. The molecule has 0 amide bonds. The van der Waals surface area contributed by atoms with Gasteiger partial charge >= 0.3 is 0 Å². The van der Waals surface area contributed by atoms with Crippen LogP contribution in [0.4, 0.5) is 0 Å². The summed E-state index contributed by atoms with van der Waals surface area (Å²) in [5.74, 6) is 0. The molecule has 208 valence electrons. The lowest BCUT2D eigenvalue weighted by molar-refractivity contribution is 0.857. The Kier molecular flexibility index (Phi) is 6.04. The molecule has 0 fully saturated rings.